The Morgan fingerprint density at radius 3 is 2.57 bits per heavy atom. The molecule has 0 spiro atoms. The van der Waals surface area contributed by atoms with Crippen LogP contribution in [0.15, 0.2) is 36.7 Å². The van der Waals surface area contributed by atoms with Gasteiger partial charge in [-0.25, -0.2) is 4.98 Å². The number of benzene rings is 1. The summed E-state index contributed by atoms with van der Waals surface area (Å²) >= 11 is 0. The van der Waals surface area contributed by atoms with Crippen LogP contribution in [-0.4, -0.2) is 14.8 Å². The number of nitrogens with two attached hydrogens (primary N) is 1. The van der Waals surface area contributed by atoms with Crippen molar-refractivity contribution in [2.24, 2.45) is 12.8 Å². The van der Waals surface area contributed by atoms with Gasteiger partial charge < -0.3 is 5.73 Å². The summed E-state index contributed by atoms with van der Waals surface area (Å²) in [7, 11) is 1.83. The van der Waals surface area contributed by atoms with Crippen LogP contribution in [0.25, 0.3) is 0 Å². The van der Waals surface area contributed by atoms with Crippen LogP contribution < -0.4 is 5.73 Å². The maximum absolute atomic E-state index is 5.99. The third kappa shape index (κ3) is 1.65. The molecule has 72 valence electrons. The maximum atomic E-state index is 5.99. The van der Waals surface area contributed by atoms with Gasteiger partial charge in [0.05, 0.1) is 6.04 Å². The van der Waals surface area contributed by atoms with E-state index in [9.17, 15) is 0 Å². The molecule has 0 bridgehead atoms. The molecule has 1 heterocycles. The number of hydrogen-bond donors (Lipinski definition) is 1. The van der Waals surface area contributed by atoms with Crippen molar-refractivity contribution in [3.8, 4) is 0 Å². The van der Waals surface area contributed by atoms with Gasteiger partial charge in [0.2, 0.25) is 0 Å². The molecule has 0 aliphatic heterocycles. The lowest BCUT2D eigenvalue weighted by Gasteiger charge is -2.06. The van der Waals surface area contributed by atoms with Gasteiger partial charge in [-0.3, -0.25) is 4.68 Å². The van der Waals surface area contributed by atoms with E-state index in [-0.39, 0.29) is 6.04 Å². The van der Waals surface area contributed by atoms with Crippen molar-refractivity contribution in [3.05, 3.63) is 48.0 Å². The third-order valence-electron chi connectivity index (χ3n) is 2.05. The first-order valence-electron chi connectivity index (χ1n) is 4.43. The molecule has 0 radical (unpaired) electrons. The largest absolute Gasteiger partial charge is 0.318 e. The van der Waals surface area contributed by atoms with E-state index in [4.69, 9.17) is 5.73 Å². The zero-order valence-corrected chi connectivity index (χ0v) is 7.96. The van der Waals surface area contributed by atoms with E-state index >= 15 is 0 Å². The highest BCUT2D eigenvalue weighted by atomic mass is 15.3. The zero-order chi connectivity index (χ0) is 9.97. The first-order chi connectivity index (χ1) is 6.77. The second-order valence-corrected chi connectivity index (χ2v) is 3.16. The van der Waals surface area contributed by atoms with Crippen molar-refractivity contribution in [1.29, 1.82) is 0 Å². The van der Waals surface area contributed by atoms with E-state index in [2.05, 4.69) is 10.1 Å². The molecule has 0 saturated heterocycles. The molecular weight excluding hydrogens is 176 g/mol. The second-order valence-electron chi connectivity index (χ2n) is 3.16. The Hall–Kier alpha value is -1.68. The van der Waals surface area contributed by atoms with Crippen LogP contribution in [0, 0.1) is 0 Å². The van der Waals surface area contributed by atoms with Crippen molar-refractivity contribution in [1.82, 2.24) is 14.8 Å². The lowest BCUT2D eigenvalue weighted by Crippen LogP contribution is -2.13. The number of aryl methyl sites for hydroxylation is 1. The van der Waals surface area contributed by atoms with Crippen molar-refractivity contribution < 1.29 is 0 Å². The molecule has 14 heavy (non-hydrogen) atoms. The lowest BCUT2D eigenvalue weighted by molar-refractivity contribution is 0.713. The first-order valence-corrected chi connectivity index (χ1v) is 4.43. The standard InChI is InChI=1S/C10H12N4/c1-14-7-12-10(13-14)9(11)8-5-3-2-4-6-8/h2-7,9H,11H2,1H3. The fourth-order valence-electron chi connectivity index (χ4n) is 1.31. The van der Waals surface area contributed by atoms with Gasteiger partial charge >= 0.3 is 0 Å². The van der Waals surface area contributed by atoms with Crippen molar-refractivity contribution in [2.75, 3.05) is 0 Å². The molecule has 1 atom stereocenters. The van der Waals surface area contributed by atoms with Crippen LogP contribution >= 0.6 is 0 Å². The van der Waals surface area contributed by atoms with Gasteiger partial charge in [0.25, 0.3) is 0 Å². The average Bonchev–Trinajstić information content (AvgIpc) is 2.65. The molecule has 4 heteroatoms. The highest BCUT2D eigenvalue weighted by Crippen LogP contribution is 2.14. The summed E-state index contributed by atoms with van der Waals surface area (Å²) in [6, 6.07) is 9.58. The number of hydrogen-bond acceptors (Lipinski definition) is 3. The SMILES string of the molecule is Cn1cnc(C(N)c2ccccc2)n1. The van der Waals surface area contributed by atoms with Crippen molar-refractivity contribution in [3.63, 3.8) is 0 Å². The number of nitrogens with zero attached hydrogens (tertiary/aromatic N) is 3. The molecule has 0 aliphatic carbocycles. The van der Waals surface area contributed by atoms with E-state index < -0.39 is 0 Å². The zero-order valence-electron chi connectivity index (χ0n) is 7.96. The molecular formula is C10H12N4. The summed E-state index contributed by atoms with van der Waals surface area (Å²) in [5.41, 5.74) is 7.02. The molecule has 2 N–H and O–H groups in total. The van der Waals surface area contributed by atoms with Gasteiger partial charge in [0.15, 0.2) is 5.82 Å². The van der Waals surface area contributed by atoms with E-state index in [1.807, 2.05) is 37.4 Å². The summed E-state index contributed by atoms with van der Waals surface area (Å²) in [5.74, 6) is 0.652. The smallest absolute Gasteiger partial charge is 0.171 e. The Balaban J connectivity index is 2.29. The van der Waals surface area contributed by atoms with Crippen molar-refractivity contribution >= 4 is 0 Å². The first kappa shape index (κ1) is 8.90. The van der Waals surface area contributed by atoms with Crippen molar-refractivity contribution in [2.45, 2.75) is 6.04 Å². The monoisotopic (exact) mass is 188 g/mol. The minimum Gasteiger partial charge on any atom is -0.318 e. The quantitative estimate of drug-likeness (QED) is 0.760. The Morgan fingerprint density at radius 2 is 2.00 bits per heavy atom. The molecule has 0 saturated carbocycles. The minimum atomic E-state index is -0.239. The summed E-state index contributed by atoms with van der Waals surface area (Å²) < 4.78 is 1.65. The minimum absolute atomic E-state index is 0.239. The molecule has 4 nitrogen and oxygen atoms in total. The van der Waals surface area contributed by atoms with Gasteiger partial charge in [0.1, 0.15) is 6.33 Å². The lowest BCUT2D eigenvalue weighted by atomic mass is 10.1. The van der Waals surface area contributed by atoms with E-state index in [0.717, 1.165) is 5.56 Å². The summed E-state index contributed by atoms with van der Waals surface area (Å²) in [4.78, 5) is 4.12. The summed E-state index contributed by atoms with van der Waals surface area (Å²) in [6.45, 7) is 0. The third-order valence-corrected chi connectivity index (χ3v) is 2.05. The molecule has 0 fully saturated rings. The van der Waals surface area contributed by atoms with Crippen LogP contribution in [0.5, 0.6) is 0 Å². The Bertz CT molecular complexity index is 407. The molecule has 0 aliphatic rings. The molecule has 2 rings (SSSR count). The molecule has 0 amide bonds. The molecule has 2 aromatic rings. The Morgan fingerprint density at radius 1 is 1.29 bits per heavy atom. The predicted molar refractivity (Wildman–Crippen MR) is 53.5 cm³/mol. The van der Waals surface area contributed by atoms with Gasteiger partial charge in [-0.05, 0) is 5.56 Å². The topological polar surface area (TPSA) is 56.7 Å². The van der Waals surface area contributed by atoms with Crippen LogP contribution in [0.4, 0.5) is 0 Å². The van der Waals surface area contributed by atoms with Crippen LogP contribution in [0.2, 0.25) is 0 Å². The van der Waals surface area contributed by atoms with Gasteiger partial charge in [-0.15, -0.1) is 0 Å². The number of rotatable bonds is 2. The average molecular weight is 188 g/mol. The van der Waals surface area contributed by atoms with Gasteiger partial charge in [-0.2, -0.15) is 5.10 Å². The fraction of sp³-hybridized carbons (Fsp3) is 0.200. The molecule has 1 unspecified atom stereocenters. The Kier molecular flexibility index (Phi) is 2.28. The van der Waals surface area contributed by atoms with E-state index in [1.165, 1.54) is 0 Å². The van der Waals surface area contributed by atoms with Crippen LogP contribution in [0.1, 0.15) is 17.4 Å². The van der Waals surface area contributed by atoms with E-state index in [1.54, 1.807) is 11.0 Å². The normalized spacial score (nSPS) is 12.7. The fourth-order valence-corrected chi connectivity index (χ4v) is 1.31. The second kappa shape index (κ2) is 3.59. The molecule has 1 aromatic carbocycles. The van der Waals surface area contributed by atoms with E-state index in [0.29, 0.717) is 5.82 Å². The molecule has 1 aromatic heterocycles. The van der Waals surface area contributed by atoms with Gasteiger partial charge in [0, 0.05) is 7.05 Å². The summed E-state index contributed by atoms with van der Waals surface area (Å²) in [5, 5.41) is 4.17. The van der Waals surface area contributed by atoms with Crippen LogP contribution in [-0.2, 0) is 7.05 Å². The highest BCUT2D eigenvalue weighted by molar-refractivity contribution is 5.23. The van der Waals surface area contributed by atoms with Crippen LogP contribution in [0.3, 0.4) is 0 Å². The Labute approximate surface area is 82.4 Å². The van der Waals surface area contributed by atoms with Gasteiger partial charge in [-0.1, -0.05) is 30.3 Å². The number of aromatic nitrogens is 3. The maximum Gasteiger partial charge on any atom is 0.171 e. The predicted octanol–water partition coefficient (Wildman–Crippen LogP) is 0.863. The highest BCUT2D eigenvalue weighted by Gasteiger charge is 2.11. The summed E-state index contributed by atoms with van der Waals surface area (Å²) in [6.07, 6.45) is 1.65.